The molecular formula is C17H22N4O4S2. The Balaban J connectivity index is 1.55. The lowest BCUT2D eigenvalue weighted by atomic mass is 10.1. The van der Waals surface area contributed by atoms with Crippen LogP contribution in [0, 0.1) is 5.92 Å². The number of ether oxygens (including phenoxy) is 1. The molecule has 1 aromatic heterocycles. The van der Waals surface area contributed by atoms with Crippen molar-refractivity contribution in [1.29, 1.82) is 0 Å². The molecule has 2 heterocycles. The van der Waals surface area contributed by atoms with E-state index in [2.05, 4.69) is 15.5 Å². The fourth-order valence-corrected chi connectivity index (χ4v) is 5.60. The van der Waals surface area contributed by atoms with E-state index in [1.807, 2.05) is 23.7 Å². The molecule has 8 nitrogen and oxygen atoms in total. The molecule has 27 heavy (non-hydrogen) atoms. The molecule has 10 heteroatoms. The third-order valence-corrected chi connectivity index (χ3v) is 7.29. The SMILES string of the molecule is COc1ccccc1NC(=O)CSc1nnc(C[C@H]2CCS(=O)(=O)C2)n1C. The van der Waals surface area contributed by atoms with Crippen molar-refractivity contribution >= 4 is 33.2 Å². The van der Waals surface area contributed by atoms with Crippen molar-refractivity contribution < 1.29 is 17.9 Å². The third kappa shape index (κ3) is 5.01. The molecule has 2 aromatic rings. The Morgan fingerprint density at radius 3 is 2.85 bits per heavy atom. The quantitative estimate of drug-likeness (QED) is 0.691. The van der Waals surface area contributed by atoms with Crippen LogP contribution in [0.4, 0.5) is 5.69 Å². The zero-order chi connectivity index (χ0) is 19.4. The van der Waals surface area contributed by atoms with Crippen molar-refractivity contribution in [3.63, 3.8) is 0 Å². The van der Waals surface area contributed by atoms with Crippen LogP contribution in [0.2, 0.25) is 0 Å². The molecule has 1 aliphatic heterocycles. The molecule has 1 atom stereocenters. The van der Waals surface area contributed by atoms with E-state index in [0.29, 0.717) is 29.4 Å². The van der Waals surface area contributed by atoms with E-state index in [0.717, 1.165) is 5.82 Å². The topological polar surface area (TPSA) is 103 Å². The zero-order valence-electron chi connectivity index (χ0n) is 15.2. The minimum atomic E-state index is -2.90. The van der Waals surface area contributed by atoms with E-state index in [-0.39, 0.29) is 29.1 Å². The highest BCUT2D eigenvalue weighted by Gasteiger charge is 2.29. The average Bonchev–Trinajstić information content (AvgIpc) is 3.16. The van der Waals surface area contributed by atoms with Gasteiger partial charge in [0, 0.05) is 13.5 Å². The molecule has 146 valence electrons. The summed E-state index contributed by atoms with van der Waals surface area (Å²) in [5, 5.41) is 11.7. The van der Waals surface area contributed by atoms with E-state index in [4.69, 9.17) is 4.74 Å². The zero-order valence-corrected chi connectivity index (χ0v) is 16.8. The first kappa shape index (κ1) is 19.7. The number of para-hydroxylation sites is 2. The number of benzene rings is 1. The number of hydrogen-bond donors (Lipinski definition) is 1. The highest BCUT2D eigenvalue weighted by atomic mass is 32.2. The predicted octanol–water partition coefficient (Wildman–Crippen LogP) is 1.53. The third-order valence-electron chi connectivity index (χ3n) is 4.44. The number of hydrogen-bond acceptors (Lipinski definition) is 7. The molecule has 1 N–H and O–H groups in total. The maximum Gasteiger partial charge on any atom is 0.234 e. The smallest absolute Gasteiger partial charge is 0.234 e. The van der Waals surface area contributed by atoms with Crippen LogP contribution >= 0.6 is 11.8 Å². The Morgan fingerprint density at radius 1 is 1.37 bits per heavy atom. The van der Waals surface area contributed by atoms with Gasteiger partial charge >= 0.3 is 0 Å². The van der Waals surface area contributed by atoms with Gasteiger partial charge in [-0.05, 0) is 24.5 Å². The summed E-state index contributed by atoms with van der Waals surface area (Å²) in [6, 6.07) is 7.21. The lowest BCUT2D eigenvalue weighted by Crippen LogP contribution is -2.15. The second-order valence-corrected chi connectivity index (χ2v) is 9.64. The molecule has 3 rings (SSSR count). The van der Waals surface area contributed by atoms with E-state index >= 15 is 0 Å². The van der Waals surface area contributed by atoms with E-state index in [9.17, 15) is 13.2 Å². The Morgan fingerprint density at radius 2 is 2.15 bits per heavy atom. The first-order valence-corrected chi connectivity index (χ1v) is 11.3. The van der Waals surface area contributed by atoms with Gasteiger partial charge < -0.3 is 14.6 Å². The van der Waals surface area contributed by atoms with Gasteiger partial charge in [0.2, 0.25) is 5.91 Å². The first-order chi connectivity index (χ1) is 12.9. The summed E-state index contributed by atoms with van der Waals surface area (Å²) in [6.07, 6.45) is 1.25. The molecule has 1 aliphatic rings. The lowest BCUT2D eigenvalue weighted by Gasteiger charge is -2.10. The number of sulfone groups is 1. The molecule has 0 saturated carbocycles. The minimum absolute atomic E-state index is 0.0876. The maximum absolute atomic E-state index is 12.2. The van der Waals surface area contributed by atoms with Gasteiger partial charge in [-0.2, -0.15) is 0 Å². The number of nitrogens with zero attached hydrogens (tertiary/aromatic N) is 3. The van der Waals surface area contributed by atoms with Gasteiger partial charge in [-0.3, -0.25) is 4.79 Å². The number of rotatable bonds is 7. The van der Waals surface area contributed by atoms with Crippen LogP contribution in [0.1, 0.15) is 12.2 Å². The van der Waals surface area contributed by atoms with Crippen LogP contribution in [-0.2, 0) is 28.1 Å². The van der Waals surface area contributed by atoms with Gasteiger partial charge in [0.25, 0.3) is 0 Å². The second-order valence-electron chi connectivity index (χ2n) is 6.47. The predicted molar refractivity (Wildman–Crippen MR) is 104 cm³/mol. The van der Waals surface area contributed by atoms with Crippen LogP contribution in [0.15, 0.2) is 29.4 Å². The number of thioether (sulfide) groups is 1. The van der Waals surface area contributed by atoms with E-state index in [1.54, 1.807) is 19.2 Å². The standard InChI is InChI=1S/C17H22N4O4S2/c1-21-15(9-12-7-8-27(23,24)11-12)19-20-17(21)26-10-16(22)18-13-5-3-4-6-14(13)25-2/h3-6,12H,7-11H2,1-2H3,(H,18,22)/t12-/m1/s1. The molecular weight excluding hydrogens is 388 g/mol. The summed E-state index contributed by atoms with van der Waals surface area (Å²) in [5.41, 5.74) is 0.617. The summed E-state index contributed by atoms with van der Waals surface area (Å²) < 4.78 is 30.2. The molecule has 0 spiro atoms. The summed E-state index contributed by atoms with van der Waals surface area (Å²) in [4.78, 5) is 12.2. The fraction of sp³-hybridized carbons (Fsp3) is 0.471. The van der Waals surface area contributed by atoms with Crippen molar-refractivity contribution in [3.8, 4) is 5.75 Å². The molecule has 1 saturated heterocycles. The van der Waals surface area contributed by atoms with E-state index < -0.39 is 9.84 Å². The van der Waals surface area contributed by atoms with Crippen molar-refractivity contribution in [2.24, 2.45) is 13.0 Å². The molecule has 1 amide bonds. The summed E-state index contributed by atoms with van der Waals surface area (Å²) in [5.74, 6) is 1.90. The fourth-order valence-electron chi connectivity index (χ4n) is 3.00. The molecule has 0 bridgehead atoms. The average molecular weight is 411 g/mol. The van der Waals surface area contributed by atoms with Crippen LogP contribution < -0.4 is 10.1 Å². The van der Waals surface area contributed by atoms with Gasteiger partial charge in [0.1, 0.15) is 11.6 Å². The van der Waals surface area contributed by atoms with Gasteiger partial charge in [-0.15, -0.1) is 10.2 Å². The molecule has 1 aromatic carbocycles. The maximum atomic E-state index is 12.2. The molecule has 0 aliphatic carbocycles. The molecule has 1 fully saturated rings. The number of methoxy groups -OCH3 is 1. The summed E-state index contributed by atoms with van der Waals surface area (Å²) in [7, 11) is 0.480. The van der Waals surface area contributed by atoms with Crippen molar-refractivity contribution in [3.05, 3.63) is 30.1 Å². The molecule has 0 unspecified atom stereocenters. The Bertz CT molecular complexity index is 927. The summed E-state index contributed by atoms with van der Waals surface area (Å²) in [6.45, 7) is 0. The van der Waals surface area contributed by atoms with E-state index in [1.165, 1.54) is 11.8 Å². The first-order valence-electron chi connectivity index (χ1n) is 8.52. The monoisotopic (exact) mass is 410 g/mol. The van der Waals surface area contributed by atoms with Crippen LogP contribution in [0.3, 0.4) is 0 Å². The van der Waals surface area contributed by atoms with Crippen LogP contribution in [0.5, 0.6) is 5.75 Å². The van der Waals surface area contributed by atoms with Crippen molar-refractivity contribution in [2.75, 3.05) is 29.7 Å². The minimum Gasteiger partial charge on any atom is -0.495 e. The largest absolute Gasteiger partial charge is 0.495 e. The number of aromatic nitrogens is 3. The number of carbonyl (C=O) groups excluding carboxylic acids is 1. The molecule has 0 radical (unpaired) electrons. The summed E-state index contributed by atoms with van der Waals surface area (Å²) >= 11 is 1.28. The van der Waals surface area contributed by atoms with Crippen LogP contribution in [-0.4, -0.2) is 53.5 Å². The van der Waals surface area contributed by atoms with Gasteiger partial charge in [-0.1, -0.05) is 23.9 Å². The van der Waals surface area contributed by atoms with Gasteiger partial charge in [-0.25, -0.2) is 8.42 Å². The van der Waals surface area contributed by atoms with Crippen molar-refractivity contribution in [1.82, 2.24) is 14.8 Å². The Kier molecular flexibility index (Phi) is 6.05. The Labute approximate surface area is 162 Å². The van der Waals surface area contributed by atoms with Crippen LogP contribution in [0.25, 0.3) is 0 Å². The second kappa shape index (κ2) is 8.30. The van der Waals surface area contributed by atoms with Gasteiger partial charge in [0.15, 0.2) is 15.0 Å². The number of nitrogens with one attached hydrogen (secondary N) is 1. The number of anilines is 1. The Hall–Kier alpha value is -2.07. The van der Waals surface area contributed by atoms with Crippen molar-refractivity contribution in [2.45, 2.75) is 18.0 Å². The van der Waals surface area contributed by atoms with Gasteiger partial charge in [0.05, 0.1) is 30.1 Å². The highest BCUT2D eigenvalue weighted by Crippen LogP contribution is 2.25. The normalized spacial score (nSPS) is 18.4. The highest BCUT2D eigenvalue weighted by molar-refractivity contribution is 7.99. The number of carbonyl (C=O) groups is 1. The number of amides is 1. The lowest BCUT2D eigenvalue weighted by molar-refractivity contribution is -0.113.